The minimum Gasteiger partial charge on any atom is -0.487 e. The number of nitrogens with zero attached hydrogens (tertiary/aromatic N) is 2. The molecule has 0 radical (unpaired) electrons. The SMILES string of the molecule is CC1(C)Cc2cc(NC(=O)/C(C=N)=C3\N=CC=CN3)c(N3CCC(C)(C(N)=O)CC3)cc2O1. The van der Waals surface area contributed by atoms with Crippen LogP contribution in [0.3, 0.4) is 0 Å². The Morgan fingerprint density at radius 3 is 2.61 bits per heavy atom. The molecule has 33 heavy (non-hydrogen) atoms. The van der Waals surface area contributed by atoms with Gasteiger partial charge in [-0.3, -0.25) is 9.59 Å². The van der Waals surface area contributed by atoms with Crippen LogP contribution in [0.15, 0.2) is 40.8 Å². The van der Waals surface area contributed by atoms with Gasteiger partial charge in [-0.05, 0) is 38.8 Å². The first-order valence-electron chi connectivity index (χ1n) is 11.0. The molecule has 1 fully saturated rings. The van der Waals surface area contributed by atoms with E-state index < -0.39 is 11.3 Å². The third-order valence-corrected chi connectivity index (χ3v) is 6.48. The smallest absolute Gasteiger partial charge is 0.261 e. The molecule has 1 aromatic rings. The van der Waals surface area contributed by atoms with Crippen molar-refractivity contribution >= 4 is 35.6 Å². The Morgan fingerprint density at radius 2 is 2.00 bits per heavy atom. The molecule has 2 amide bonds. The van der Waals surface area contributed by atoms with E-state index in [2.05, 4.69) is 20.5 Å². The fourth-order valence-corrected chi connectivity index (χ4v) is 4.39. The van der Waals surface area contributed by atoms with E-state index in [-0.39, 0.29) is 17.1 Å². The Labute approximate surface area is 193 Å². The summed E-state index contributed by atoms with van der Waals surface area (Å²) >= 11 is 0. The zero-order chi connectivity index (χ0) is 23.8. The number of benzene rings is 1. The first kappa shape index (κ1) is 22.6. The van der Waals surface area contributed by atoms with Gasteiger partial charge in [-0.2, -0.15) is 0 Å². The largest absolute Gasteiger partial charge is 0.487 e. The van der Waals surface area contributed by atoms with E-state index >= 15 is 0 Å². The van der Waals surface area contributed by atoms with Crippen LogP contribution in [0, 0.1) is 10.8 Å². The Bertz CT molecular complexity index is 1090. The van der Waals surface area contributed by atoms with Gasteiger partial charge < -0.3 is 31.4 Å². The molecule has 3 aliphatic heterocycles. The number of allylic oxidation sites excluding steroid dienone is 1. The van der Waals surface area contributed by atoms with E-state index in [4.69, 9.17) is 15.9 Å². The van der Waals surface area contributed by atoms with Crippen molar-refractivity contribution in [3.05, 3.63) is 41.4 Å². The molecule has 0 aliphatic carbocycles. The molecule has 174 valence electrons. The number of hydrogen-bond donors (Lipinski definition) is 4. The number of anilines is 2. The summed E-state index contributed by atoms with van der Waals surface area (Å²) in [6.45, 7) is 7.21. The molecule has 4 rings (SSSR count). The molecule has 5 N–H and O–H groups in total. The molecule has 3 aliphatic rings. The van der Waals surface area contributed by atoms with Crippen LogP contribution >= 0.6 is 0 Å². The molecular weight excluding hydrogens is 420 g/mol. The van der Waals surface area contributed by atoms with Crippen LogP contribution in [-0.2, 0) is 16.0 Å². The quantitative estimate of drug-likeness (QED) is 0.404. The molecule has 0 bridgehead atoms. The summed E-state index contributed by atoms with van der Waals surface area (Å²) in [6, 6.07) is 3.91. The summed E-state index contributed by atoms with van der Waals surface area (Å²) in [5.74, 6) is 0.391. The van der Waals surface area contributed by atoms with Crippen LogP contribution in [-0.4, -0.2) is 42.9 Å². The maximum absolute atomic E-state index is 13.1. The molecule has 9 heteroatoms. The lowest BCUT2D eigenvalue weighted by Gasteiger charge is -2.39. The number of fused-ring (bicyclic) bond motifs is 1. The summed E-state index contributed by atoms with van der Waals surface area (Å²) in [7, 11) is 0. The first-order chi connectivity index (χ1) is 15.6. The molecule has 9 nitrogen and oxygen atoms in total. The van der Waals surface area contributed by atoms with E-state index in [1.54, 1.807) is 18.5 Å². The third kappa shape index (κ3) is 4.48. The van der Waals surface area contributed by atoms with Crippen LogP contribution in [0.1, 0.15) is 39.2 Å². The summed E-state index contributed by atoms with van der Waals surface area (Å²) in [5, 5.41) is 13.6. The van der Waals surface area contributed by atoms with Gasteiger partial charge in [0.1, 0.15) is 17.2 Å². The minimum atomic E-state index is -0.537. The molecule has 1 saturated heterocycles. The van der Waals surface area contributed by atoms with Crippen molar-refractivity contribution in [3.63, 3.8) is 0 Å². The fourth-order valence-electron chi connectivity index (χ4n) is 4.39. The normalized spacial score (nSPS) is 21.5. The highest BCUT2D eigenvalue weighted by Gasteiger charge is 2.37. The van der Waals surface area contributed by atoms with Crippen molar-refractivity contribution in [1.29, 1.82) is 5.41 Å². The highest BCUT2D eigenvalue weighted by Crippen LogP contribution is 2.43. The average molecular weight is 451 g/mol. The van der Waals surface area contributed by atoms with Crippen LogP contribution in [0.2, 0.25) is 0 Å². The maximum atomic E-state index is 13.1. The molecule has 0 saturated carbocycles. The number of aliphatic imine (C=N–C) groups is 1. The number of nitrogens with one attached hydrogen (secondary N) is 3. The predicted molar refractivity (Wildman–Crippen MR) is 129 cm³/mol. The van der Waals surface area contributed by atoms with Gasteiger partial charge in [0.25, 0.3) is 5.91 Å². The second-order valence-electron chi connectivity index (χ2n) is 9.57. The van der Waals surface area contributed by atoms with Gasteiger partial charge in [0.15, 0.2) is 0 Å². The van der Waals surface area contributed by atoms with E-state index in [9.17, 15) is 9.59 Å². The second-order valence-corrected chi connectivity index (χ2v) is 9.57. The van der Waals surface area contributed by atoms with Gasteiger partial charge in [0.05, 0.1) is 16.9 Å². The topological polar surface area (TPSA) is 133 Å². The van der Waals surface area contributed by atoms with Gasteiger partial charge in [0, 0.05) is 55.2 Å². The van der Waals surface area contributed by atoms with Gasteiger partial charge in [-0.25, -0.2) is 4.99 Å². The standard InChI is InChI=1S/C24H30N6O3/c1-23(2)13-15-11-17(29-21(31)16(14-25)20-27-7-4-8-28-20)18(12-19(15)33-23)30-9-5-24(3,6-10-30)22(26)32/h4,7-8,11-12,14,25,27H,5-6,9-10,13H2,1-3H3,(H2,26,32)(H,29,31)/b20-16-,25-14?. The monoisotopic (exact) mass is 450 g/mol. The number of rotatable bonds is 5. The van der Waals surface area contributed by atoms with Crippen molar-refractivity contribution < 1.29 is 14.3 Å². The van der Waals surface area contributed by atoms with Crippen molar-refractivity contribution in [1.82, 2.24) is 5.32 Å². The number of ether oxygens (including phenoxy) is 1. The number of primary amides is 1. The number of nitrogens with two attached hydrogens (primary N) is 1. The molecule has 0 spiro atoms. The number of carbonyl (C=O) groups is 2. The fraction of sp³-hybridized carbons (Fsp3) is 0.417. The van der Waals surface area contributed by atoms with Gasteiger partial charge >= 0.3 is 0 Å². The van der Waals surface area contributed by atoms with Crippen LogP contribution in [0.5, 0.6) is 5.75 Å². The van der Waals surface area contributed by atoms with Gasteiger partial charge in [-0.1, -0.05) is 6.92 Å². The molecule has 0 aromatic heterocycles. The summed E-state index contributed by atoms with van der Waals surface area (Å²) in [6.07, 6.45) is 7.89. The van der Waals surface area contributed by atoms with Crippen LogP contribution in [0.25, 0.3) is 0 Å². The van der Waals surface area contributed by atoms with Crippen molar-refractivity contribution in [2.24, 2.45) is 16.1 Å². The van der Waals surface area contributed by atoms with Crippen molar-refractivity contribution in [2.75, 3.05) is 23.3 Å². The Kier molecular flexibility index (Phi) is 5.73. The highest BCUT2D eigenvalue weighted by atomic mass is 16.5. The van der Waals surface area contributed by atoms with Gasteiger partial charge in [-0.15, -0.1) is 0 Å². The summed E-state index contributed by atoms with van der Waals surface area (Å²) in [4.78, 5) is 31.3. The van der Waals surface area contributed by atoms with Crippen molar-refractivity contribution in [2.45, 2.75) is 45.6 Å². The second kappa shape index (κ2) is 8.38. The number of carbonyl (C=O) groups excluding carboxylic acids is 2. The Balaban J connectivity index is 1.66. The van der Waals surface area contributed by atoms with E-state index in [1.807, 2.05) is 32.9 Å². The maximum Gasteiger partial charge on any atom is 0.261 e. The Hall–Kier alpha value is -3.62. The van der Waals surface area contributed by atoms with Crippen LogP contribution in [0.4, 0.5) is 11.4 Å². The molecular formula is C24H30N6O3. The number of piperidine rings is 1. The molecule has 0 atom stereocenters. The number of hydrogen-bond acceptors (Lipinski definition) is 7. The average Bonchev–Trinajstić information content (AvgIpc) is 3.08. The van der Waals surface area contributed by atoms with Gasteiger partial charge in [0.2, 0.25) is 5.91 Å². The number of amides is 2. The summed E-state index contributed by atoms with van der Waals surface area (Å²) in [5.41, 5.74) is 7.35. The summed E-state index contributed by atoms with van der Waals surface area (Å²) < 4.78 is 6.13. The van der Waals surface area contributed by atoms with E-state index in [0.717, 1.165) is 29.6 Å². The lowest BCUT2D eigenvalue weighted by atomic mass is 9.79. The zero-order valence-electron chi connectivity index (χ0n) is 19.2. The third-order valence-electron chi connectivity index (χ3n) is 6.48. The molecule has 0 unspecified atom stereocenters. The minimum absolute atomic E-state index is 0.124. The lowest BCUT2D eigenvalue weighted by Crippen LogP contribution is -2.45. The van der Waals surface area contributed by atoms with Crippen LogP contribution < -0.4 is 26.0 Å². The van der Waals surface area contributed by atoms with Crippen molar-refractivity contribution in [3.8, 4) is 5.75 Å². The lowest BCUT2D eigenvalue weighted by molar-refractivity contribution is -0.127. The zero-order valence-corrected chi connectivity index (χ0v) is 19.2. The Morgan fingerprint density at radius 1 is 1.27 bits per heavy atom. The van der Waals surface area contributed by atoms with E-state index in [0.29, 0.717) is 37.4 Å². The highest BCUT2D eigenvalue weighted by molar-refractivity contribution is 6.18. The molecule has 3 heterocycles. The van der Waals surface area contributed by atoms with E-state index in [1.165, 1.54) is 0 Å². The predicted octanol–water partition coefficient (Wildman–Crippen LogP) is 2.48. The molecule has 1 aromatic carbocycles. The first-order valence-corrected chi connectivity index (χ1v) is 11.0.